The Morgan fingerprint density at radius 3 is 2.57 bits per heavy atom. The summed E-state index contributed by atoms with van der Waals surface area (Å²) in [5.74, 6) is 0.445. The topological polar surface area (TPSA) is 88.5 Å². The molecule has 1 aromatic heterocycles. The second-order valence-electron chi connectivity index (χ2n) is 8.82. The van der Waals surface area contributed by atoms with Crippen molar-refractivity contribution in [2.24, 2.45) is 0 Å². The Morgan fingerprint density at radius 1 is 1.14 bits per heavy atom. The van der Waals surface area contributed by atoms with Crippen molar-refractivity contribution in [3.63, 3.8) is 0 Å². The van der Waals surface area contributed by atoms with E-state index in [4.69, 9.17) is 4.74 Å². The van der Waals surface area contributed by atoms with E-state index < -0.39 is 12.0 Å². The van der Waals surface area contributed by atoms with Crippen LogP contribution in [0.5, 0.6) is 0 Å². The largest absolute Gasteiger partial charge is 0.480 e. The first kappa shape index (κ1) is 28.9. The number of ether oxygens (including phenoxy) is 1. The molecule has 0 saturated carbocycles. The molecule has 3 aromatic rings. The van der Waals surface area contributed by atoms with Gasteiger partial charge in [0.15, 0.2) is 0 Å². The molecule has 0 spiro atoms. The standard InChI is InChI=1S/C29H36N2O4S2/c1-5-10-24(29(33)34)31-28(32)22-14-13-20(15-23(22)21-12-9-8-11-19(21)4)17-35-25(18-36-7-3)26-16-30-27(6-2)37-26/h8-9,11-16,24-25H,5-7,10,17-18H2,1-4H3,(H,31,32)(H,33,34). The lowest BCUT2D eigenvalue weighted by molar-refractivity contribution is -0.139. The molecule has 2 N–H and O–H groups in total. The summed E-state index contributed by atoms with van der Waals surface area (Å²) in [5.41, 5.74) is 4.14. The number of nitrogens with zero attached hydrogens (tertiary/aromatic N) is 1. The van der Waals surface area contributed by atoms with Crippen LogP contribution in [0.1, 0.15) is 71.1 Å². The fraction of sp³-hybridized carbons (Fsp3) is 0.414. The average Bonchev–Trinajstić information content (AvgIpc) is 3.38. The summed E-state index contributed by atoms with van der Waals surface area (Å²) in [7, 11) is 0. The SMILES string of the molecule is CCCC(NC(=O)c1ccc(COC(CSCC)c2cnc(CC)s2)cc1-c1ccccc1C)C(=O)O. The molecular formula is C29H36N2O4S2. The van der Waals surface area contributed by atoms with Gasteiger partial charge in [0, 0.05) is 17.5 Å². The molecule has 0 aliphatic carbocycles. The number of hydrogen-bond donors (Lipinski definition) is 2. The maximum atomic E-state index is 13.2. The second kappa shape index (κ2) is 14.3. The molecule has 198 valence electrons. The van der Waals surface area contributed by atoms with Crippen LogP contribution in [0.2, 0.25) is 0 Å². The Balaban J connectivity index is 1.90. The van der Waals surface area contributed by atoms with Crippen molar-refractivity contribution >= 4 is 35.0 Å². The predicted molar refractivity (Wildman–Crippen MR) is 152 cm³/mol. The Morgan fingerprint density at radius 2 is 1.92 bits per heavy atom. The first-order chi connectivity index (χ1) is 17.9. The number of aryl methyl sites for hydroxylation is 2. The third-order valence-electron chi connectivity index (χ3n) is 6.06. The van der Waals surface area contributed by atoms with Gasteiger partial charge in [-0.25, -0.2) is 9.78 Å². The van der Waals surface area contributed by atoms with Gasteiger partial charge in [0.2, 0.25) is 0 Å². The minimum atomic E-state index is -1.03. The van der Waals surface area contributed by atoms with Crippen LogP contribution in [0.15, 0.2) is 48.7 Å². The van der Waals surface area contributed by atoms with Crippen molar-refractivity contribution in [3.05, 3.63) is 75.2 Å². The number of carbonyl (C=O) groups is 2. The number of carboxylic acids is 1. The maximum Gasteiger partial charge on any atom is 0.326 e. The highest BCUT2D eigenvalue weighted by molar-refractivity contribution is 7.99. The molecule has 0 fully saturated rings. The van der Waals surface area contributed by atoms with E-state index in [0.717, 1.165) is 50.1 Å². The molecule has 37 heavy (non-hydrogen) atoms. The van der Waals surface area contributed by atoms with Crippen LogP contribution in [0.3, 0.4) is 0 Å². The van der Waals surface area contributed by atoms with Gasteiger partial charge in [-0.15, -0.1) is 11.3 Å². The van der Waals surface area contributed by atoms with Gasteiger partial charge in [0.05, 0.1) is 16.5 Å². The zero-order chi connectivity index (χ0) is 26.8. The third-order valence-corrected chi connectivity index (χ3v) is 8.24. The van der Waals surface area contributed by atoms with Crippen LogP contribution in [0.25, 0.3) is 11.1 Å². The van der Waals surface area contributed by atoms with Crippen molar-refractivity contribution in [1.82, 2.24) is 10.3 Å². The smallest absolute Gasteiger partial charge is 0.326 e. The fourth-order valence-electron chi connectivity index (χ4n) is 4.03. The number of aromatic nitrogens is 1. The van der Waals surface area contributed by atoms with Crippen LogP contribution in [-0.4, -0.2) is 39.5 Å². The predicted octanol–water partition coefficient (Wildman–Crippen LogP) is 6.68. The van der Waals surface area contributed by atoms with Gasteiger partial charge in [-0.3, -0.25) is 4.79 Å². The molecule has 2 unspecified atom stereocenters. The van der Waals surface area contributed by atoms with E-state index in [1.807, 2.05) is 68.2 Å². The molecule has 2 aromatic carbocycles. The van der Waals surface area contributed by atoms with E-state index in [0.29, 0.717) is 25.0 Å². The number of rotatable bonds is 14. The highest BCUT2D eigenvalue weighted by Crippen LogP contribution is 2.31. The molecule has 0 bridgehead atoms. The Hall–Kier alpha value is -2.68. The summed E-state index contributed by atoms with van der Waals surface area (Å²) in [6.07, 6.45) is 3.81. The Bertz CT molecular complexity index is 1190. The number of thiazole rings is 1. The molecule has 0 aliphatic rings. The first-order valence-corrected chi connectivity index (χ1v) is 14.7. The average molecular weight is 541 g/mol. The van der Waals surface area contributed by atoms with Crippen LogP contribution in [0.4, 0.5) is 0 Å². The fourth-order valence-corrected chi connectivity index (χ4v) is 5.77. The van der Waals surface area contributed by atoms with E-state index in [2.05, 4.69) is 24.1 Å². The highest BCUT2D eigenvalue weighted by atomic mass is 32.2. The lowest BCUT2D eigenvalue weighted by atomic mass is 9.93. The summed E-state index contributed by atoms with van der Waals surface area (Å²) < 4.78 is 6.39. The van der Waals surface area contributed by atoms with Gasteiger partial charge in [0.1, 0.15) is 12.1 Å². The summed E-state index contributed by atoms with van der Waals surface area (Å²) >= 11 is 3.53. The van der Waals surface area contributed by atoms with Crippen molar-refractivity contribution in [2.45, 2.75) is 65.7 Å². The minimum absolute atomic E-state index is 0.0574. The number of amides is 1. The molecular weight excluding hydrogens is 504 g/mol. The molecule has 6 nitrogen and oxygen atoms in total. The van der Waals surface area contributed by atoms with E-state index in [1.54, 1.807) is 17.4 Å². The molecule has 1 amide bonds. The Labute approximate surface area is 227 Å². The lowest BCUT2D eigenvalue weighted by Crippen LogP contribution is -2.40. The van der Waals surface area contributed by atoms with E-state index >= 15 is 0 Å². The number of carboxylic acid groups (broad SMARTS) is 1. The van der Waals surface area contributed by atoms with Crippen LogP contribution in [-0.2, 0) is 22.6 Å². The third kappa shape index (κ3) is 7.90. The van der Waals surface area contributed by atoms with Crippen molar-refractivity contribution < 1.29 is 19.4 Å². The van der Waals surface area contributed by atoms with Crippen molar-refractivity contribution in [2.75, 3.05) is 11.5 Å². The zero-order valence-corrected chi connectivity index (χ0v) is 23.6. The summed E-state index contributed by atoms with van der Waals surface area (Å²) in [6, 6.07) is 12.6. The van der Waals surface area contributed by atoms with E-state index in [9.17, 15) is 14.7 Å². The monoisotopic (exact) mass is 540 g/mol. The van der Waals surface area contributed by atoms with Gasteiger partial charge in [-0.2, -0.15) is 11.8 Å². The highest BCUT2D eigenvalue weighted by Gasteiger charge is 2.23. The number of benzene rings is 2. The van der Waals surface area contributed by atoms with Gasteiger partial charge in [0.25, 0.3) is 5.91 Å². The number of carbonyl (C=O) groups excluding carboxylic acids is 1. The number of thioether (sulfide) groups is 1. The van der Waals surface area contributed by atoms with Gasteiger partial charge in [-0.05, 0) is 59.9 Å². The molecule has 2 atom stereocenters. The molecule has 8 heteroatoms. The normalized spacial score (nSPS) is 12.8. The maximum absolute atomic E-state index is 13.2. The van der Waals surface area contributed by atoms with E-state index in [1.165, 1.54) is 0 Å². The molecule has 0 radical (unpaired) electrons. The molecule has 3 rings (SSSR count). The van der Waals surface area contributed by atoms with Gasteiger partial charge in [-0.1, -0.05) is 57.5 Å². The quantitative estimate of drug-likeness (QED) is 0.237. The summed E-state index contributed by atoms with van der Waals surface area (Å²) in [4.78, 5) is 30.5. The summed E-state index contributed by atoms with van der Waals surface area (Å²) in [6.45, 7) is 8.54. The summed E-state index contributed by atoms with van der Waals surface area (Å²) in [5, 5.41) is 13.3. The molecule has 0 saturated heterocycles. The Kier molecular flexibility index (Phi) is 11.2. The first-order valence-electron chi connectivity index (χ1n) is 12.7. The van der Waals surface area contributed by atoms with Crippen LogP contribution < -0.4 is 5.32 Å². The van der Waals surface area contributed by atoms with E-state index in [-0.39, 0.29) is 12.0 Å². The number of hydrogen-bond acceptors (Lipinski definition) is 6. The van der Waals surface area contributed by atoms with Crippen molar-refractivity contribution in [1.29, 1.82) is 0 Å². The number of aliphatic carboxylic acids is 1. The second-order valence-corrected chi connectivity index (χ2v) is 11.3. The van der Waals surface area contributed by atoms with Crippen LogP contribution in [0, 0.1) is 6.92 Å². The van der Waals surface area contributed by atoms with Gasteiger partial charge < -0.3 is 15.2 Å². The number of nitrogens with one attached hydrogen (secondary N) is 1. The van der Waals surface area contributed by atoms with Crippen molar-refractivity contribution in [3.8, 4) is 11.1 Å². The molecule has 0 aliphatic heterocycles. The van der Waals surface area contributed by atoms with Crippen LogP contribution >= 0.6 is 23.1 Å². The molecule has 1 heterocycles. The zero-order valence-electron chi connectivity index (χ0n) is 22.0. The minimum Gasteiger partial charge on any atom is -0.480 e. The lowest BCUT2D eigenvalue weighted by Gasteiger charge is -2.19. The van der Waals surface area contributed by atoms with Gasteiger partial charge >= 0.3 is 5.97 Å².